The van der Waals surface area contributed by atoms with Gasteiger partial charge in [-0.3, -0.25) is 0 Å². The Hall–Kier alpha value is -6.06. The normalized spacial score (nSPS) is 11.6. The van der Waals surface area contributed by atoms with E-state index in [-0.39, 0.29) is 0 Å². The summed E-state index contributed by atoms with van der Waals surface area (Å²) >= 11 is 0. The summed E-state index contributed by atoms with van der Waals surface area (Å²) in [4.78, 5) is 2.36. The Morgan fingerprint density at radius 2 is 0.956 bits per heavy atom. The SMILES string of the molecule is c1ccc(-c2ccc(N(c3ccccc3)c3cc4oc5ccccc5c4c4oc5ccccc5c34)c(-c3ccccc3)c2)cc1. The minimum atomic E-state index is 0.792. The average Bonchev–Trinajstić information content (AvgIpc) is 3.68. The van der Waals surface area contributed by atoms with E-state index < -0.39 is 0 Å². The van der Waals surface area contributed by atoms with Crippen LogP contribution in [0.5, 0.6) is 0 Å². The standard InChI is InChI=1S/C42H27NO2/c1-4-14-28(15-5-1)30-24-25-35(34(26-30)29-16-6-2-7-17-29)43(31-18-8-3-9-19-31)36-27-39-41(33-21-11-12-22-37(33)44-39)42-40(36)32-20-10-13-23-38(32)45-42/h1-27H. The molecule has 9 aromatic rings. The first-order valence-corrected chi connectivity index (χ1v) is 15.2. The summed E-state index contributed by atoms with van der Waals surface area (Å²) < 4.78 is 13.2. The molecule has 2 heterocycles. The van der Waals surface area contributed by atoms with E-state index >= 15 is 0 Å². The van der Waals surface area contributed by atoms with Gasteiger partial charge in [0, 0.05) is 28.1 Å². The molecule has 0 saturated carbocycles. The molecule has 0 bridgehead atoms. The quantitative estimate of drug-likeness (QED) is 0.204. The molecular formula is C42H27NO2. The first kappa shape index (κ1) is 25.4. The number of fused-ring (bicyclic) bond motifs is 7. The minimum Gasteiger partial charge on any atom is -0.456 e. The van der Waals surface area contributed by atoms with Crippen LogP contribution in [-0.4, -0.2) is 0 Å². The molecule has 45 heavy (non-hydrogen) atoms. The van der Waals surface area contributed by atoms with E-state index in [0.29, 0.717) is 0 Å². The Morgan fingerprint density at radius 1 is 0.378 bits per heavy atom. The topological polar surface area (TPSA) is 29.5 Å². The third kappa shape index (κ3) is 4.13. The van der Waals surface area contributed by atoms with Crippen molar-refractivity contribution in [3.8, 4) is 22.3 Å². The monoisotopic (exact) mass is 577 g/mol. The van der Waals surface area contributed by atoms with Crippen LogP contribution in [0, 0.1) is 0 Å². The molecule has 0 unspecified atom stereocenters. The lowest BCUT2D eigenvalue weighted by molar-refractivity contribution is 0.663. The van der Waals surface area contributed by atoms with Crippen LogP contribution in [0.2, 0.25) is 0 Å². The molecule has 212 valence electrons. The lowest BCUT2D eigenvalue weighted by Gasteiger charge is -2.29. The van der Waals surface area contributed by atoms with Crippen molar-refractivity contribution in [3.05, 3.63) is 164 Å². The van der Waals surface area contributed by atoms with E-state index in [9.17, 15) is 0 Å². The molecule has 3 nitrogen and oxygen atoms in total. The van der Waals surface area contributed by atoms with Crippen molar-refractivity contribution in [1.82, 2.24) is 0 Å². The molecule has 0 N–H and O–H groups in total. The van der Waals surface area contributed by atoms with Crippen LogP contribution >= 0.6 is 0 Å². The summed E-state index contributed by atoms with van der Waals surface area (Å²) in [6, 6.07) is 57.2. The minimum absolute atomic E-state index is 0.792. The molecule has 0 aliphatic carbocycles. The lowest BCUT2D eigenvalue weighted by Crippen LogP contribution is -2.11. The third-order valence-corrected chi connectivity index (χ3v) is 8.65. The zero-order valence-electron chi connectivity index (χ0n) is 24.4. The van der Waals surface area contributed by atoms with Gasteiger partial charge in [0.1, 0.15) is 22.3 Å². The summed E-state index contributed by atoms with van der Waals surface area (Å²) in [5.74, 6) is 0. The van der Waals surface area contributed by atoms with E-state index in [1.807, 2.05) is 24.3 Å². The van der Waals surface area contributed by atoms with E-state index in [1.54, 1.807) is 0 Å². The van der Waals surface area contributed by atoms with Crippen molar-refractivity contribution in [1.29, 1.82) is 0 Å². The Labute approximate surface area is 260 Å². The number of benzene rings is 7. The van der Waals surface area contributed by atoms with Gasteiger partial charge in [0.15, 0.2) is 0 Å². The lowest BCUT2D eigenvalue weighted by atomic mass is 9.95. The van der Waals surface area contributed by atoms with Crippen LogP contribution < -0.4 is 4.90 Å². The summed E-state index contributed by atoms with van der Waals surface area (Å²) in [5.41, 5.74) is 11.0. The molecule has 7 aromatic carbocycles. The Morgan fingerprint density at radius 3 is 1.67 bits per heavy atom. The highest BCUT2D eigenvalue weighted by Gasteiger charge is 2.26. The number of hydrogen-bond acceptors (Lipinski definition) is 3. The van der Waals surface area contributed by atoms with Gasteiger partial charge in [0.25, 0.3) is 0 Å². The molecule has 0 amide bonds. The highest BCUT2D eigenvalue weighted by Crippen LogP contribution is 2.50. The predicted octanol–water partition coefficient (Wildman–Crippen LogP) is 12.3. The van der Waals surface area contributed by atoms with E-state index in [1.165, 1.54) is 5.56 Å². The molecule has 3 heteroatoms. The van der Waals surface area contributed by atoms with Crippen LogP contribution in [0.3, 0.4) is 0 Å². The summed E-state index contributed by atoms with van der Waals surface area (Å²) in [7, 11) is 0. The molecule has 0 aliphatic rings. The predicted molar refractivity (Wildman–Crippen MR) is 187 cm³/mol. The van der Waals surface area contributed by atoms with E-state index in [2.05, 4.69) is 144 Å². The number of rotatable bonds is 5. The molecule has 0 aliphatic heterocycles. The van der Waals surface area contributed by atoms with Gasteiger partial charge in [0.2, 0.25) is 0 Å². The van der Waals surface area contributed by atoms with E-state index in [0.717, 1.165) is 77.6 Å². The first-order chi connectivity index (χ1) is 22.3. The zero-order valence-corrected chi connectivity index (χ0v) is 24.4. The van der Waals surface area contributed by atoms with Gasteiger partial charge in [-0.15, -0.1) is 0 Å². The molecule has 0 fully saturated rings. The number of nitrogens with zero attached hydrogens (tertiary/aromatic N) is 1. The van der Waals surface area contributed by atoms with Crippen molar-refractivity contribution in [2.24, 2.45) is 0 Å². The van der Waals surface area contributed by atoms with Gasteiger partial charge in [-0.1, -0.05) is 121 Å². The number of para-hydroxylation sites is 3. The average molecular weight is 578 g/mol. The van der Waals surface area contributed by atoms with Gasteiger partial charge >= 0.3 is 0 Å². The third-order valence-electron chi connectivity index (χ3n) is 8.65. The van der Waals surface area contributed by atoms with Crippen LogP contribution in [-0.2, 0) is 0 Å². The fraction of sp³-hybridized carbons (Fsp3) is 0. The van der Waals surface area contributed by atoms with Crippen molar-refractivity contribution in [2.75, 3.05) is 4.90 Å². The second-order valence-electron chi connectivity index (χ2n) is 11.3. The summed E-state index contributed by atoms with van der Waals surface area (Å²) in [5, 5.41) is 4.17. The molecule has 0 atom stereocenters. The second kappa shape index (κ2) is 10.3. The van der Waals surface area contributed by atoms with Crippen molar-refractivity contribution in [3.63, 3.8) is 0 Å². The molecule has 0 spiro atoms. The smallest absolute Gasteiger partial charge is 0.149 e. The van der Waals surface area contributed by atoms with Gasteiger partial charge in [0.05, 0.1) is 22.1 Å². The summed E-state index contributed by atoms with van der Waals surface area (Å²) in [6.45, 7) is 0. The van der Waals surface area contributed by atoms with Crippen molar-refractivity contribution >= 4 is 60.9 Å². The second-order valence-corrected chi connectivity index (χ2v) is 11.3. The Balaban J connectivity index is 1.41. The number of furan rings is 2. The fourth-order valence-corrected chi connectivity index (χ4v) is 6.62. The maximum atomic E-state index is 6.70. The Kier molecular flexibility index (Phi) is 5.82. The van der Waals surface area contributed by atoms with E-state index in [4.69, 9.17) is 8.83 Å². The highest BCUT2D eigenvalue weighted by atomic mass is 16.3. The van der Waals surface area contributed by atoms with Gasteiger partial charge in [-0.2, -0.15) is 0 Å². The highest BCUT2D eigenvalue weighted by molar-refractivity contribution is 6.26. The van der Waals surface area contributed by atoms with Crippen LogP contribution in [0.1, 0.15) is 0 Å². The maximum absolute atomic E-state index is 6.70. The summed E-state index contributed by atoms with van der Waals surface area (Å²) in [6.07, 6.45) is 0. The molecular weight excluding hydrogens is 550 g/mol. The molecule has 0 radical (unpaired) electrons. The van der Waals surface area contributed by atoms with Crippen molar-refractivity contribution in [2.45, 2.75) is 0 Å². The fourth-order valence-electron chi connectivity index (χ4n) is 6.62. The van der Waals surface area contributed by atoms with Gasteiger partial charge < -0.3 is 13.7 Å². The van der Waals surface area contributed by atoms with Crippen LogP contribution in [0.15, 0.2) is 173 Å². The zero-order chi connectivity index (χ0) is 29.7. The number of anilines is 3. The van der Waals surface area contributed by atoms with Crippen LogP contribution in [0.4, 0.5) is 17.1 Å². The van der Waals surface area contributed by atoms with Gasteiger partial charge in [-0.25, -0.2) is 0 Å². The van der Waals surface area contributed by atoms with Gasteiger partial charge in [-0.05, 0) is 53.1 Å². The van der Waals surface area contributed by atoms with Crippen LogP contribution in [0.25, 0.3) is 66.1 Å². The Bertz CT molecular complexity index is 2470. The molecule has 0 saturated heterocycles. The largest absolute Gasteiger partial charge is 0.456 e. The maximum Gasteiger partial charge on any atom is 0.149 e. The molecule has 9 rings (SSSR count). The van der Waals surface area contributed by atoms with Crippen molar-refractivity contribution < 1.29 is 8.83 Å². The first-order valence-electron chi connectivity index (χ1n) is 15.2. The molecule has 2 aromatic heterocycles. The number of hydrogen-bond donors (Lipinski definition) is 0.